The molecule has 0 radical (unpaired) electrons. The largest absolute Gasteiger partial charge is 0.304 e. The van der Waals surface area contributed by atoms with Gasteiger partial charge in [0.05, 0.1) is 10.6 Å². The number of fused-ring (bicyclic) bond motifs is 3. The minimum Gasteiger partial charge on any atom is -0.304 e. The third kappa shape index (κ3) is 3.11. The van der Waals surface area contributed by atoms with Crippen LogP contribution in [0.5, 0.6) is 0 Å². The quantitative estimate of drug-likeness (QED) is 0.553. The summed E-state index contributed by atoms with van der Waals surface area (Å²) in [4.78, 5) is 9.40. The van der Waals surface area contributed by atoms with E-state index in [9.17, 15) is 0 Å². The zero-order valence-electron chi connectivity index (χ0n) is 13.1. The van der Waals surface area contributed by atoms with E-state index < -0.39 is 0 Å². The molecule has 116 valence electrons. The molecule has 1 aromatic carbocycles. The van der Waals surface area contributed by atoms with Crippen LogP contribution in [-0.2, 0) is 0 Å². The molecule has 0 aliphatic carbocycles. The van der Waals surface area contributed by atoms with Gasteiger partial charge in [-0.15, -0.1) is 12.4 Å². The highest BCUT2D eigenvalue weighted by molar-refractivity contribution is 6.35. The van der Waals surface area contributed by atoms with Crippen LogP contribution >= 0.6 is 24.0 Å². The molecule has 3 rings (SSSR count). The Morgan fingerprint density at radius 3 is 2.41 bits per heavy atom. The van der Waals surface area contributed by atoms with Crippen molar-refractivity contribution in [3.63, 3.8) is 0 Å². The van der Waals surface area contributed by atoms with Crippen molar-refractivity contribution in [1.82, 2.24) is 9.38 Å². The highest BCUT2D eigenvalue weighted by atomic mass is 35.5. The van der Waals surface area contributed by atoms with Gasteiger partial charge in [-0.25, -0.2) is 4.98 Å². The number of nitrogens with zero attached hydrogens (tertiary/aromatic N) is 3. The molecule has 22 heavy (non-hydrogen) atoms. The first-order valence-corrected chi connectivity index (χ1v) is 7.36. The van der Waals surface area contributed by atoms with Crippen molar-refractivity contribution in [3.8, 4) is 0 Å². The summed E-state index contributed by atoms with van der Waals surface area (Å²) in [5.74, 6) is 0. The van der Waals surface area contributed by atoms with Crippen molar-refractivity contribution in [2.75, 3.05) is 0 Å². The van der Waals surface area contributed by atoms with E-state index in [4.69, 9.17) is 16.6 Å². The molecule has 0 atom stereocenters. The molecule has 0 aliphatic rings. The van der Waals surface area contributed by atoms with Crippen molar-refractivity contribution < 1.29 is 0 Å². The van der Waals surface area contributed by atoms with E-state index in [-0.39, 0.29) is 17.9 Å². The van der Waals surface area contributed by atoms with Gasteiger partial charge in [0, 0.05) is 28.7 Å². The fourth-order valence-electron chi connectivity index (χ4n) is 2.44. The van der Waals surface area contributed by atoms with Gasteiger partial charge in [0.1, 0.15) is 5.65 Å². The summed E-state index contributed by atoms with van der Waals surface area (Å²) < 4.78 is 2.02. The molecule has 0 fully saturated rings. The van der Waals surface area contributed by atoms with E-state index in [2.05, 4.69) is 25.8 Å². The summed E-state index contributed by atoms with van der Waals surface area (Å²) >= 11 is 6.38. The zero-order chi connectivity index (χ0) is 15.2. The van der Waals surface area contributed by atoms with E-state index in [1.165, 1.54) is 0 Å². The fourth-order valence-corrected chi connectivity index (χ4v) is 2.70. The number of hydrogen-bond acceptors (Lipinski definition) is 2. The number of benzene rings is 1. The molecule has 3 aromatic rings. The van der Waals surface area contributed by atoms with Crippen molar-refractivity contribution in [3.05, 3.63) is 52.7 Å². The molecule has 0 N–H and O–H groups in total. The number of halogens is 2. The van der Waals surface area contributed by atoms with Gasteiger partial charge in [-0.3, -0.25) is 4.99 Å². The maximum absolute atomic E-state index is 6.38. The standard InChI is InChI=1S/C17H18ClN3.ClH/c1-11-9-15(20-17(2,3)4)19-16-13-8-6-5-7-12(13)14(18)10-21(11)16;/h5-10H,1-4H3;1H. The second-order valence-corrected chi connectivity index (χ2v) is 6.66. The molecule has 2 heterocycles. The van der Waals surface area contributed by atoms with Crippen LogP contribution in [0.25, 0.3) is 16.4 Å². The Morgan fingerprint density at radius 1 is 1.14 bits per heavy atom. The minimum absolute atomic E-state index is 0. The Balaban J connectivity index is 0.00000176. The second-order valence-electron chi connectivity index (χ2n) is 6.25. The van der Waals surface area contributed by atoms with Crippen LogP contribution < -0.4 is 5.49 Å². The van der Waals surface area contributed by atoms with Crippen LogP contribution in [-0.4, -0.2) is 14.9 Å². The van der Waals surface area contributed by atoms with Gasteiger partial charge in [0.15, 0.2) is 5.49 Å². The number of aromatic nitrogens is 2. The molecular formula is C17H19Cl2N3. The lowest BCUT2D eigenvalue weighted by Crippen LogP contribution is -2.20. The summed E-state index contributed by atoms with van der Waals surface area (Å²) in [7, 11) is 0. The molecule has 2 aromatic heterocycles. The monoisotopic (exact) mass is 335 g/mol. The maximum atomic E-state index is 6.38. The first-order valence-electron chi connectivity index (χ1n) is 6.98. The topological polar surface area (TPSA) is 29.7 Å². The number of hydrogen-bond donors (Lipinski definition) is 0. The Labute approximate surface area is 141 Å². The molecule has 0 saturated heterocycles. The summed E-state index contributed by atoms with van der Waals surface area (Å²) in [6.07, 6.45) is 1.92. The van der Waals surface area contributed by atoms with Gasteiger partial charge in [-0.05, 0) is 27.7 Å². The Hall–Kier alpha value is -1.58. The lowest BCUT2D eigenvalue weighted by atomic mass is 10.1. The van der Waals surface area contributed by atoms with E-state index in [1.807, 2.05) is 47.9 Å². The van der Waals surface area contributed by atoms with Gasteiger partial charge < -0.3 is 4.40 Å². The van der Waals surface area contributed by atoms with E-state index >= 15 is 0 Å². The molecular weight excluding hydrogens is 317 g/mol. The van der Waals surface area contributed by atoms with Crippen molar-refractivity contribution in [2.45, 2.75) is 33.2 Å². The van der Waals surface area contributed by atoms with E-state index in [0.29, 0.717) is 0 Å². The molecule has 0 aliphatic heterocycles. The smallest absolute Gasteiger partial charge is 0.151 e. The average Bonchev–Trinajstić information content (AvgIpc) is 2.39. The van der Waals surface area contributed by atoms with Gasteiger partial charge in [0.2, 0.25) is 0 Å². The Bertz CT molecular complexity index is 905. The third-order valence-corrected chi connectivity index (χ3v) is 3.59. The van der Waals surface area contributed by atoms with Gasteiger partial charge in [0.25, 0.3) is 0 Å². The molecule has 3 nitrogen and oxygen atoms in total. The lowest BCUT2D eigenvalue weighted by molar-refractivity contribution is 0.561. The predicted octanol–water partition coefficient (Wildman–Crippen LogP) is 4.57. The highest BCUT2D eigenvalue weighted by Crippen LogP contribution is 2.26. The number of rotatable bonds is 0. The van der Waals surface area contributed by atoms with Crippen LogP contribution in [0.4, 0.5) is 0 Å². The zero-order valence-corrected chi connectivity index (χ0v) is 14.7. The van der Waals surface area contributed by atoms with Crippen LogP contribution in [0, 0.1) is 6.92 Å². The maximum Gasteiger partial charge on any atom is 0.151 e. The SMILES string of the molecule is Cc1cc(=NC(C)(C)C)nc2c3ccccc3c(Cl)cn12.Cl. The van der Waals surface area contributed by atoms with Crippen LogP contribution in [0.15, 0.2) is 41.5 Å². The third-order valence-electron chi connectivity index (χ3n) is 3.28. The molecule has 5 heteroatoms. The fraction of sp³-hybridized carbons (Fsp3) is 0.294. The van der Waals surface area contributed by atoms with Gasteiger partial charge in [-0.1, -0.05) is 35.9 Å². The highest BCUT2D eigenvalue weighted by Gasteiger charge is 2.10. The lowest BCUT2D eigenvalue weighted by Gasteiger charge is -2.13. The number of pyridine rings is 1. The van der Waals surface area contributed by atoms with Gasteiger partial charge >= 0.3 is 0 Å². The normalized spacial score (nSPS) is 12.7. The first-order chi connectivity index (χ1) is 9.85. The van der Waals surface area contributed by atoms with Gasteiger partial charge in [-0.2, -0.15) is 0 Å². The summed E-state index contributed by atoms with van der Waals surface area (Å²) in [5.41, 5.74) is 2.56. The van der Waals surface area contributed by atoms with E-state index in [0.717, 1.165) is 32.6 Å². The van der Waals surface area contributed by atoms with Crippen LogP contribution in [0.1, 0.15) is 26.5 Å². The second kappa shape index (κ2) is 5.90. The van der Waals surface area contributed by atoms with Crippen molar-refractivity contribution >= 4 is 40.4 Å². The molecule has 0 unspecified atom stereocenters. The predicted molar refractivity (Wildman–Crippen MR) is 95.0 cm³/mol. The Morgan fingerprint density at radius 2 is 1.77 bits per heavy atom. The first kappa shape index (κ1) is 16.8. The van der Waals surface area contributed by atoms with Crippen LogP contribution in [0.3, 0.4) is 0 Å². The van der Waals surface area contributed by atoms with Crippen molar-refractivity contribution in [1.29, 1.82) is 0 Å². The Kier molecular flexibility index (Phi) is 4.50. The van der Waals surface area contributed by atoms with E-state index in [1.54, 1.807) is 0 Å². The minimum atomic E-state index is -0.153. The number of aryl methyl sites for hydroxylation is 1. The molecule has 0 spiro atoms. The van der Waals surface area contributed by atoms with Crippen LogP contribution in [0.2, 0.25) is 5.02 Å². The van der Waals surface area contributed by atoms with Crippen molar-refractivity contribution in [2.24, 2.45) is 4.99 Å². The average molecular weight is 336 g/mol. The summed E-state index contributed by atoms with van der Waals surface area (Å²) in [6.45, 7) is 8.26. The molecule has 0 amide bonds. The molecule has 0 bridgehead atoms. The summed E-state index contributed by atoms with van der Waals surface area (Å²) in [6, 6.07) is 10.0. The molecule has 0 saturated carbocycles. The summed E-state index contributed by atoms with van der Waals surface area (Å²) in [5, 5.41) is 2.78.